The topological polar surface area (TPSA) is 26.3 Å². The van der Waals surface area contributed by atoms with Gasteiger partial charge in [0.1, 0.15) is 12.4 Å². The lowest BCUT2D eigenvalue weighted by atomic mass is 10.2. The number of halogens is 1. The highest BCUT2D eigenvalue weighted by molar-refractivity contribution is 14.1. The summed E-state index contributed by atoms with van der Waals surface area (Å²) < 4.78 is 5.29. The fourth-order valence-electron chi connectivity index (χ4n) is 0.837. The molecule has 0 spiro atoms. The van der Waals surface area contributed by atoms with Gasteiger partial charge in [-0.3, -0.25) is 4.79 Å². The van der Waals surface area contributed by atoms with Gasteiger partial charge in [0, 0.05) is 28.2 Å². The zero-order valence-electron chi connectivity index (χ0n) is 7.00. The number of carbonyl (C=O) groups is 1. The van der Waals surface area contributed by atoms with E-state index in [1.165, 1.54) is 0 Å². The molecule has 0 aliphatic rings. The van der Waals surface area contributed by atoms with Crippen molar-refractivity contribution in [3.63, 3.8) is 0 Å². The summed E-state index contributed by atoms with van der Waals surface area (Å²) >= 11 is 1.75. The van der Waals surface area contributed by atoms with Gasteiger partial charge in [0.05, 0.1) is 0 Å². The van der Waals surface area contributed by atoms with Gasteiger partial charge >= 0.3 is 0 Å². The Labute approximate surface area is 90.7 Å². The van der Waals surface area contributed by atoms with Gasteiger partial charge in [-0.15, -0.1) is 0 Å². The largest absolute Gasteiger partial charge is 0.490 e. The van der Waals surface area contributed by atoms with E-state index in [1.807, 2.05) is 0 Å². The van der Waals surface area contributed by atoms with Crippen LogP contribution in [-0.2, 0) is 0 Å². The Hall–Kier alpha value is -0.840. The Morgan fingerprint density at radius 3 is 2.54 bits per heavy atom. The first-order valence-electron chi connectivity index (χ1n) is 3.77. The van der Waals surface area contributed by atoms with Crippen LogP contribution in [0.4, 0.5) is 0 Å². The quantitative estimate of drug-likeness (QED) is 0.484. The number of hydrogen-bond donors (Lipinski definition) is 0. The maximum Gasteiger partial charge on any atom is 0.222 e. The summed E-state index contributed by atoms with van der Waals surface area (Å²) in [5, 5.41) is 0. The summed E-state index contributed by atoms with van der Waals surface area (Å²) in [7, 11) is 0. The predicted molar refractivity (Wildman–Crippen MR) is 60.5 cm³/mol. The van der Waals surface area contributed by atoms with Gasteiger partial charge < -0.3 is 4.74 Å². The van der Waals surface area contributed by atoms with E-state index >= 15 is 0 Å². The zero-order chi connectivity index (χ0) is 9.68. The van der Waals surface area contributed by atoms with Crippen LogP contribution in [0.3, 0.4) is 0 Å². The van der Waals surface area contributed by atoms with Gasteiger partial charge in [0.25, 0.3) is 0 Å². The molecule has 68 valence electrons. The summed E-state index contributed by atoms with van der Waals surface area (Å²) in [6.45, 7) is 4.02. The van der Waals surface area contributed by atoms with E-state index < -0.39 is 0 Å². The summed E-state index contributed by atoms with van der Waals surface area (Å²) in [6, 6.07) is 7.03. The van der Waals surface area contributed by atoms with Crippen molar-refractivity contribution in [2.75, 3.05) is 6.61 Å². The molecule has 2 nitrogen and oxygen atoms in total. The standard InChI is InChI=1S/C10H9IO2/c1-2-7-13-9-5-3-8(4-6-9)10(11)12/h2-6H,1,7H2. The lowest BCUT2D eigenvalue weighted by Crippen LogP contribution is -1.93. The second kappa shape index (κ2) is 5.01. The smallest absolute Gasteiger partial charge is 0.222 e. The molecule has 0 N–H and O–H groups in total. The van der Waals surface area contributed by atoms with Crippen LogP contribution in [0.25, 0.3) is 0 Å². The van der Waals surface area contributed by atoms with E-state index in [-0.39, 0.29) is 3.79 Å². The van der Waals surface area contributed by atoms with Crippen molar-refractivity contribution in [3.05, 3.63) is 42.5 Å². The van der Waals surface area contributed by atoms with Crippen molar-refractivity contribution in [2.24, 2.45) is 0 Å². The molecule has 0 heterocycles. The molecule has 0 fully saturated rings. The molecule has 0 aliphatic heterocycles. The second-order valence-corrected chi connectivity index (χ2v) is 3.38. The van der Waals surface area contributed by atoms with Crippen LogP contribution in [0.5, 0.6) is 5.75 Å². The van der Waals surface area contributed by atoms with E-state index in [9.17, 15) is 4.79 Å². The van der Waals surface area contributed by atoms with Gasteiger partial charge in [-0.1, -0.05) is 12.7 Å². The maximum absolute atomic E-state index is 10.9. The molecule has 1 aromatic carbocycles. The molecule has 1 aromatic rings. The van der Waals surface area contributed by atoms with Crippen molar-refractivity contribution < 1.29 is 9.53 Å². The highest BCUT2D eigenvalue weighted by Gasteiger charge is 1.99. The molecule has 0 bridgehead atoms. The Bertz CT molecular complexity index is 303. The van der Waals surface area contributed by atoms with Gasteiger partial charge in [-0.05, 0) is 24.3 Å². The second-order valence-electron chi connectivity index (χ2n) is 2.40. The molecule has 13 heavy (non-hydrogen) atoms. The molecule has 0 aromatic heterocycles. The first-order chi connectivity index (χ1) is 6.24. The van der Waals surface area contributed by atoms with E-state index in [4.69, 9.17) is 4.74 Å². The van der Waals surface area contributed by atoms with Crippen LogP contribution < -0.4 is 4.74 Å². The summed E-state index contributed by atoms with van der Waals surface area (Å²) in [5.74, 6) is 0.751. The van der Waals surface area contributed by atoms with Crippen molar-refractivity contribution in [2.45, 2.75) is 0 Å². The first-order valence-corrected chi connectivity index (χ1v) is 4.85. The number of rotatable bonds is 4. The highest BCUT2D eigenvalue weighted by atomic mass is 127. The molecule has 0 radical (unpaired) electrons. The first kappa shape index (κ1) is 10.2. The van der Waals surface area contributed by atoms with Crippen molar-refractivity contribution >= 4 is 26.4 Å². The third kappa shape index (κ3) is 3.18. The Kier molecular flexibility index (Phi) is 3.95. The van der Waals surface area contributed by atoms with Crippen LogP contribution in [0.15, 0.2) is 36.9 Å². The summed E-state index contributed by atoms with van der Waals surface area (Å²) in [5.41, 5.74) is 0.687. The minimum Gasteiger partial charge on any atom is -0.490 e. The van der Waals surface area contributed by atoms with Gasteiger partial charge in [0.2, 0.25) is 3.79 Å². The number of carbonyl (C=O) groups excluding carboxylic acids is 1. The van der Waals surface area contributed by atoms with Gasteiger partial charge in [0.15, 0.2) is 0 Å². The fraction of sp³-hybridized carbons (Fsp3) is 0.100. The molecule has 0 unspecified atom stereocenters. The Morgan fingerprint density at radius 2 is 2.08 bits per heavy atom. The minimum absolute atomic E-state index is 0.0351. The van der Waals surface area contributed by atoms with E-state index in [2.05, 4.69) is 6.58 Å². The fourth-order valence-corrected chi connectivity index (χ4v) is 1.20. The van der Waals surface area contributed by atoms with E-state index in [1.54, 1.807) is 52.9 Å². The average Bonchev–Trinajstić information content (AvgIpc) is 2.15. The van der Waals surface area contributed by atoms with Crippen LogP contribution in [-0.4, -0.2) is 10.4 Å². The van der Waals surface area contributed by atoms with Gasteiger partial charge in [-0.25, -0.2) is 0 Å². The summed E-state index contributed by atoms with van der Waals surface area (Å²) in [6.07, 6.45) is 1.68. The van der Waals surface area contributed by atoms with E-state index in [0.717, 1.165) is 5.75 Å². The SMILES string of the molecule is C=CCOc1ccc(C(=O)I)cc1. The number of hydrogen-bond acceptors (Lipinski definition) is 2. The molecule has 3 heteroatoms. The normalized spacial score (nSPS) is 9.31. The third-order valence-electron chi connectivity index (χ3n) is 1.45. The monoisotopic (exact) mass is 288 g/mol. The lowest BCUT2D eigenvalue weighted by Gasteiger charge is -2.02. The molecule has 0 aliphatic carbocycles. The highest BCUT2D eigenvalue weighted by Crippen LogP contribution is 2.14. The minimum atomic E-state index is 0.0351. The summed E-state index contributed by atoms with van der Waals surface area (Å²) in [4.78, 5) is 10.9. The van der Waals surface area contributed by atoms with Gasteiger partial charge in [-0.2, -0.15) is 0 Å². The number of ether oxygens (including phenoxy) is 1. The number of benzene rings is 1. The van der Waals surface area contributed by atoms with E-state index in [0.29, 0.717) is 12.2 Å². The van der Waals surface area contributed by atoms with Crippen LogP contribution >= 0.6 is 22.6 Å². The van der Waals surface area contributed by atoms with Crippen LogP contribution in [0.1, 0.15) is 10.4 Å². The van der Waals surface area contributed by atoms with Crippen molar-refractivity contribution in [1.82, 2.24) is 0 Å². The van der Waals surface area contributed by atoms with Crippen LogP contribution in [0.2, 0.25) is 0 Å². The average molecular weight is 288 g/mol. The molecular formula is C10H9IO2. The Balaban J connectivity index is 2.69. The zero-order valence-corrected chi connectivity index (χ0v) is 9.15. The molecule has 0 amide bonds. The molecule has 0 saturated heterocycles. The van der Waals surface area contributed by atoms with Crippen molar-refractivity contribution in [1.29, 1.82) is 0 Å². The predicted octanol–water partition coefficient (Wildman–Crippen LogP) is 2.83. The molecule has 1 rings (SSSR count). The molecule has 0 atom stereocenters. The molecular weight excluding hydrogens is 279 g/mol. The van der Waals surface area contributed by atoms with Crippen molar-refractivity contribution in [3.8, 4) is 5.75 Å². The molecule has 0 saturated carbocycles. The third-order valence-corrected chi connectivity index (χ3v) is 2.07. The Morgan fingerprint density at radius 1 is 1.46 bits per heavy atom. The lowest BCUT2D eigenvalue weighted by molar-refractivity contribution is 0.110. The van der Waals surface area contributed by atoms with Crippen LogP contribution in [0, 0.1) is 0 Å². The maximum atomic E-state index is 10.9.